The molecule has 0 amide bonds. The Hall–Kier alpha value is -1.70. The van der Waals surface area contributed by atoms with Crippen LogP contribution in [0.4, 0.5) is 0 Å². The molecular formula is C44H83NO6. The minimum atomic E-state index is -0.0855. The van der Waals surface area contributed by atoms with Gasteiger partial charge in [-0.2, -0.15) is 0 Å². The highest BCUT2D eigenvalue weighted by Gasteiger charge is 2.10. The minimum absolute atomic E-state index is 0.0853. The van der Waals surface area contributed by atoms with Crippen molar-refractivity contribution in [3.63, 3.8) is 0 Å². The lowest BCUT2D eigenvalue weighted by atomic mass is 10.1. The normalized spacial score (nSPS) is 12.4. The van der Waals surface area contributed by atoms with Crippen LogP contribution in [-0.2, 0) is 28.5 Å². The second kappa shape index (κ2) is 41.1. The summed E-state index contributed by atoms with van der Waals surface area (Å²) in [5, 5.41) is 0. The lowest BCUT2D eigenvalue weighted by Crippen LogP contribution is -2.30. The zero-order valence-corrected chi connectivity index (χ0v) is 34.1. The van der Waals surface area contributed by atoms with E-state index in [0.717, 1.165) is 64.9 Å². The van der Waals surface area contributed by atoms with E-state index in [9.17, 15) is 9.59 Å². The molecule has 0 aliphatic carbocycles. The fourth-order valence-corrected chi connectivity index (χ4v) is 6.25. The van der Waals surface area contributed by atoms with Crippen LogP contribution in [0.3, 0.4) is 0 Å². The number of hydrogen-bond acceptors (Lipinski definition) is 7. The summed E-state index contributed by atoms with van der Waals surface area (Å²) in [6, 6.07) is 0. The number of nitrogens with zero attached hydrogens (tertiary/aromatic N) is 1. The summed E-state index contributed by atoms with van der Waals surface area (Å²) in [4.78, 5) is 24.4. The van der Waals surface area contributed by atoms with E-state index in [2.05, 4.69) is 52.8 Å². The Labute approximate surface area is 316 Å². The molecule has 0 N–H and O–H groups in total. The van der Waals surface area contributed by atoms with Gasteiger partial charge in [0, 0.05) is 39.2 Å². The van der Waals surface area contributed by atoms with Crippen LogP contribution in [0, 0.1) is 0 Å². The van der Waals surface area contributed by atoms with Crippen LogP contribution in [-0.4, -0.2) is 77.6 Å². The topological polar surface area (TPSA) is 74.3 Å². The molecule has 1 unspecified atom stereocenters. The maximum atomic E-state index is 11.1. The molecule has 0 heterocycles. The molecule has 0 rings (SSSR count). The van der Waals surface area contributed by atoms with Crippen molar-refractivity contribution in [2.75, 3.05) is 54.7 Å². The van der Waals surface area contributed by atoms with Crippen molar-refractivity contribution in [3.05, 3.63) is 24.3 Å². The number of rotatable bonds is 40. The molecule has 1 atom stereocenters. The van der Waals surface area contributed by atoms with Crippen LogP contribution in [0.1, 0.15) is 186 Å². The third kappa shape index (κ3) is 40.9. The van der Waals surface area contributed by atoms with Gasteiger partial charge in [0.25, 0.3) is 0 Å². The molecule has 0 aliphatic rings. The molecule has 300 valence electrons. The van der Waals surface area contributed by atoms with Crippen molar-refractivity contribution in [2.45, 2.75) is 192 Å². The number of likely N-dealkylation sites (N-methyl/N-ethyl adjacent to an activating group) is 1. The van der Waals surface area contributed by atoms with Gasteiger partial charge < -0.3 is 23.8 Å². The van der Waals surface area contributed by atoms with Crippen LogP contribution >= 0.6 is 0 Å². The zero-order valence-electron chi connectivity index (χ0n) is 34.1. The summed E-state index contributed by atoms with van der Waals surface area (Å²) in [6.07, 6.45) is 43.6. The monoisotopic (exact) mass is 722 g/mol. The quantitative estimate of drug-likeness (QED) is 0.0354. The molecule has 0 saturated heterocycles. The molecule has 7 heteroatoms. The Bertz CT molecular complexity index is 798. The average Bonchev–Trinajstić information content (AvgIpc) is 3.12. The van der Waals surface area contributed by atoms with Gasteiger partial charge in [-0.3, -0.25) is 9.59 Å². The summed E-state index contributed by atoms with van der Waals surface area (Å²) in [7, 11) is 7.18. The summed E-state index contributed by atoms with van der Waals surface area (Å²) >= 11 is 0. The second-order valence-corrected chi connectivity index (χ2v) is 14.7. The minimum Gasteiger partial charge on any atom is -0.469 e. The first-order valence-electron chi connectivity index (χ1n) is 21.3. The fraction of sp³-hybridized carbons (Fsp3) is 0.864. The Balaban J connectivity index is 3.52. The standard InChI is InChI=1S/C44H83NO6/c1-45(2)41-42(51-39-34-30-26-22-18-14-10-6-8-12-16-20-24-28-32-36-44(47)49-4)37-40-50-38-33-29-25-21-17-13-9-5-7-11-15-19-23-27-31-35-43(46)48-3/h5-8,42H,9-41H2,1-4H3. The van der Waals surface area contributed by atoms with Gasteiger partial charge in [-0.1, -0.05) is 114 Å². The van der Waals surface area contributed by atoms with Gasteiger partial charge >= 0.3 is 11.9 Å². The number of unbranched alkanes of at least 4 members (excludes halogenated alkanes) is 22. The molecule has 0 aliphatic heterocycles. The second-order valence-electron chi connectivity index (χ2n) is 14.7. The molecule has 0 aromatic carbocycles. The SMILES string of the molecule is COC(=O)CCCCCCCC=CCCCCCCCCOCCC(CN(C)C)OCCCCCCCCC=CCCCCCCCC(=O)OC. The van der Waals surface area contributed by atoms with E-state index in [4.69, 9.17) is 9.47 Å². The van der Waals surface area contributed by atoms with Crippen molar-refractivity contribution in [1.29, 1.82) is 0 Å². The predicted molar refractivity (Wildman–Crippen MR) is 215 cm³/mol. The molecule has 0 spiro atoms. The maximum absolute atomic E-state index is 11.1. The van der Waals surface area contributed by atoms with Crippen molar-refractivity contribution in [2.24, 2.45) is 0 Å². The Morgan fingerprint density at radius 1 is 0.471 bits per heavy atom. The van der Waals surface area contributed by atoms with Crippen LogP contribution in [0.2, 0.25) is 0 Å². The molecular weight excluding hydrogens is 638 g/mol. The molecule has 0 aromatic rings. The van der Waals surface area contributed by atoms with E-state index >= 15 is 0 Å². The number of carbonyl (C=O) groups is 2. The Morgan fingerprint density at radius 3 is 1.22 bits per heavy atom. The maximum Gasteiger partial charge on any atom is 0.305 e. The number of hydrogen-bond donors (Lipinski definition) is 0. The van der Waals surface area contributed by atoms with E-state index in [1.54, 1.807) is 0 Å². The van der Waals surface area contributed by atoms with Gasteiger partial charge in [0.2, 0.25) is 0 Å². The summed E-state index contributed by atoms with van der Waals surface area (Å²) < 4.78 is 21.6. The molecule has 0 fully saturated rings. The van der Waals surface area contributed by atoms with Crippen molar-refractivity contribution in [3.8, 4) is 0 Å². The van der Waals surface area contributed by atoms with Gasteiger partial charge in [-0.15, -0.1) is 0 Å². The van der Waals surface area contributed by atoms with Gasteiger partial charge in [0.1, 0.15) is 0 Å². The largest absolute Gasteiger partial charge is 0.469 e. The smallest absolute Gasteiger partial charge is 0.305 e. The van der Waals surface area contributed by atoms with Crippen LogP contribution in [0.5, 0.6) is 0 Å². The van der Waals surface area contributed by atoms with Gasteiger partial charge in [-0.25, -0.2) is 0 Å². The first-order chi connectivity index (χ1) is 25.0. The molecule has 51 heavy (non-hydrogen) atoms. The third-order valence-electron chi connectivity index (χ3n) is 9.47. The first kappa shape index (κ1) is 49.3. The molecule has 7 nitrogen and oxygen atoms in total. The highest BCUT2D eigenvalue weighted by atomic mass is 16.5. The van der Waals surface area contributed by atoms with Gasteiger partial charge in [-0.05, 0) is 97.6 Å². The van der Waals surface area contributed by atoms with Gasteiger partial charge in [0.05, 0.1) is 20.3 Å². The fourth-order valence-electron chi connectivity index (χ4n) is 6.25. The number of esters is 2. The van der Waals surface area contributed by atoms with Crippen LogP contribution < -0.4 is 0 Å². The number of ether oxygens (including phenoxy) is 4. The first-order valence-corrected chi connectivity index (χ1v) is 21.3. The van der Waals surface area contributed by atoms with Crippen molar-refractivity contribution in [1.82, 2.24) is 4.90 Å². The zero-order chi connectivity index (χ0) is 37.3. The van der Waals surface area contributed by atoms with E-state index in [-0.39, 0.29) is 18.0 Å². The van der Waals surface area contributed by atoms with Crippen LogP contribution in [0.15, 0.2) is 24.3 Å². The number of carbonyl (C=O) groups excluding carboxylic acids is 2. The van der Waals surface area contributed by atoms with E-state index in [1.165, 1.54) is 149 Å². The predicted octanol–water partition coefficient (Wildman–Crippen LogP) is 11.7. The van der Waals surface area contributed by atoms with Crippen molar-refractivity contribution >= 4 is 11.9 Å². The van der Waals surface area contributed by atoms with E-state index in [1.807, 2.05) is 0 Å². The third-order valence-corrected chi connectivity index (χ3v) is 9.47. The van der Waals surface area contributed by atoms with Gasteiger partial charge in [0.15, 0.2) is 0 Å². The Morgan fingerprint density at radius 2 is 0.824 bits per heavy atom. The summed E-state index contributed by atoms with van der Waals surface area (Å²) in [5.41, 5.74) is 0. The average molecular weight is 722 g/mol. The van der Waals surface area contributed by atoms with E-state index in [0.29, 0.717) is 12.8 Å². The molecule has 0 aromatic heterocycles. The van der Waals surface area contributed by atoms with Crippen LogP contribution in [0.25, 0.3) is 0 Å². The summed E-state index contributed by atoms with van der Waals surface area (Å²) in [5.74, 6) is -0.171. The lowest BCUT2D eigenvalue weighted by Gasteiger charge is -2.21. The van der Waals surface area contributed by atoms with Crippen molar-refractivity contribution < 1.29 is 28.5 Å². The molecule has 0 bridgehead atoms. The molecule has 0 radical (unpaired) electrons. The highest BCUT2D eigenvalue weighted by molar-refractivity contribution is 5.69. The summed E-state index contributed by atoms with van der Waals surface area (Å²) in [6.45, 7) is 3.50. The number of methoxy groups -OCH3 is 2. The highest BCUT2D eigenvalue weighted by Crippen LogP contribution is 2.13. The Kier molecular flexibility index (Phi) is 39.7. The lowest BCUT2D eigenvalue weighted by molar-refractivity contribution is -0.141. The van der Waals surface area contributed by atoms with E-state index < -0.39 is 0 Å². The molecule has 0 saturated carbocycles. The number of allylic oxidation sites excluding steroid dienone is 4.